The standard InChI is InChI=1S/C15H14Cl2O2/c16-12-2-1-3-13(17)14(12)15(18)19-8-11-7-9-4-5-10(11)6-9/h1-5,9-11H,6-8H2. The fraction of sp³-hybridized carbons (Fsp3) is 0.400. The van der Waals surface area contributed by atoms with Crippen LogP contribution in [-0.2, 0) is 4.74 Å². The molecule has 0 aromatic heterocycles. The number of ether oxygens (including phenoxy) is 1. The summed E-state index contributed by atoms with van der Waals surface area (Å²) >= 11 is 12.0. The summed E-state index contributed by atoms with van der Waals surface area (Å²) in [6, 6.07) is 5.00. The molecule has 19 heavy (non-hydrogen) atoms. The third-order valence-electron chi connectivity index (χ3n) is 4.01. The maximum atomic E-state index is 12.0. The largest absolute Gasteiger partial charge is 0.462 e. The van der Waals surface area contributed by atoms with E-state index in [-0.39, 0.29) is 5.56 Å². The van der Waals surface area contributed by atoms with Crippen LogP contribution in [0, 0.1) is 17.8 Å². The first-order valence-corrected chi connectivity index (χ1v) is 7.20. The number of allylic oxidation sites excluding steroid dienone is 2. The number of hydrogen-bond donors (Lipinski definition) is 0. The van der Waals surface area contributed by atoms with Crippen LogP contribution in [0.3, 0.4) is 0 Å². The van der Waals surface area contributed by atoms with Crippen LogP contribution >= 0.6 is 23.2 Å². The molecule has 0 N–H and O–H groups in total. The fourth-order valence-electron chi connectivity index (χ4n) is 3.03. The number of esters is 1. The molecule has 0 heterocycles. The van der Waals surface area contributed by atoms with Gasteiger partial charge in [0.2, 0.25) is 0 Å². The molecule has 3 rings (SSSR count). The van der Waals surface area contributed by atoms with E-state index < -0.39 is 5.97 Å². The smallest absolute Gasteiger partial charge is 0.341 e. The summed E-state index contributed by atoms with van der Waals surface area (Å²) < 4.78 is 5.38. The minimum Gasteiger partial charge on any atom is -0.462 e. The summed E-state index contributed by atoms with van der Waals surface area (Å²) in [5.41, 5.74) is 0.268. The molecule has 0 saturated heterocycles. The first-order valence-electron chi connectivity index (χ1n) is 6.44. The fourth-order valence-corrected chi connectivity index (χ4v) is 3.59. The Morgan fingerprint density at radius 3 is 2.53 bits per heavy atom. The molecule has 0 spiro atoms. The average molecular weight is 297 g/mol. The van der Waals surface area contributed by atoms with Crippen LogP contribution in [0.15, 0.2) is 30.4 Å². The van der Waals surface area contributed by atoms with Gasteiger partial charge in [0.1, 0.15) is 0 Å². The molecule has 3 atom stereocenters. The van der Waals surface area contributed by atoms with Gasteiger partial charge in [-0.15, -0.1) is 0 Å². The highest BCUT2D eigenvalue weighted by Gasteiger charge is 2.36. The Morgan fingerprint density at radius 1 is 1.21 bits per heavy atom. The molecule has 1 fully saturated rings. The van der Waals surface area contributed by atoms with Crippen LogP contribution in [0.5, 0.6) is 0 Å². The lowest BCUT2D eigenvalue weighted by Gasteiger charge is -2.18. The van der Waals surface area contributed by atoms with Crippen LogP contribution in [0.2, 0.25) is 10.0 Å². The highest BCUT2D eigenvalue weighted by Crippen LogP contribution is 2.43. The van der Waals surface area contributed by atoms with E-state index in [4.69, 9.17) is 27.9 Å². The molecule has 3 unspecified atom stereocenters. The number of rotatable bonds is 3. The molecule has 2 aliphatic rings. The van der Waals surface area contributed by atoms with Crippen molar-refractivity contribution in [2.75, 3.05) is 6.61 Å². The van der Waals surface area contributed by atoms with Gasteiger partial charge in [0.15, 0.2) is 0 Å². The molecule has 2 aliphatic carbocycles. The lowest BCUT2D eigenvalue weighted by atomic mass is 9.95. The molecule has 0 aliphatic heterocycles. The van der Waals surface area contributed by atoms with Crippen molar-refractivity contribution in [2.45, 2.75) is 12.8 Å². The molecule has 100 valence electrons. The summed E-state index contributed by atoms with van der Waals surface area (Å²) in [4.78, 5) is 12.0. The minimum absolute atomic E-state index is 0.268. The van der Waals surface area contributed by atoms with Gasteiger partial charge in [0.05, 0.1) is 22.2 Å². The van der Waals surface area contributed by atoms with E-state index in [1.165, 1.54) is 6.42 Å². The number of benzene rings is 1. The molecule has 2 nitrogen and oxygen atoms in total. The number of hydrogen-bond acceptors (Lipinski definition) is 2. The van der Waals surface area contributed by atoms with Crippen LogP contribution < -0.4 is 0 Å². The van der Waals surface area contributed by atoms with Crippen molar-refractivity contribution >= 4 is 29.2 Å². The van der Waals surface area contributed by atoms with E-state index >= 15 is 0 Å². The van der Waals surface area contributed by atoms with Crippen molar-refractivity contribution in [3.63, 3.8) is 0 Å². The van der Waals surface area contributed by atoms with Gasteiger partial charge in [-0.3, -0.25) is 0 Å². The first-order chi connectivity index (χ1) is 9.15. The van der Waals surface area contributed by atoms with E-state index in [1.54, 1.807) is 18.2 Å². The molecule has 0 radical (unpaired) electrons. The summed E-state index contributed by atoms with van der Waals surface area (Å²) in [5, 5.41) is 0.677. The van der Waals surface area contributed by atoms with Gasteiger partial charge in [-0.1, -0.05) is 41.4 Å². The predicted octanol–water partition coefficient (Wildman–Crippen LogP) is 4.36. The van der Waals surface area contributed by atoms with Gasteiger partial charge in [0, 0.05) is 0 Å². The van der Waals surface area contributed by atoms with Gasteiger partial charge in [0.25, 0.3) is 0 Å². The monoisotopic (exact) mass is 296 g/mol. The van der Waals surface area contributed by atoms with Crippen molar-refractivity contribution in [1.29, 1.82) is 0 Å². The normalized spacial score (nSPS) is 27.8. The molecule has 4 heteroatoms. The summed E-state index contributed by atoms with van der Waals surface area (Å²) in [5.74, 6) is 1.26. The average Bonchev–Trinajstić information content (AvgIpc) is 2.98. The van der Waals surface area contributed by atoms with Crippen LogP contribution in [-0.4, -0.2) is 12.6 Å². The van der Waals surface area contributed by atoms with Crippen molar-refractivity contribution in [3.8, 4) is 0 Å². The zero-order valence-electron chi connectivity index (χ0n) is 10.3. The molecule has 0 amide bonds. The molecule has 2 bridgehead atoms. The van der Waals surface area contributed by atoms with Gasteiger partial charge in [-0.2, -0.15) is 0 Å². The first kappa shape index (κ1) is 13.0. The van der Waals surface area contributed by atoms with Crippen LogP contribution in [0.25, 0.3) is 0 Å². The van der Waals surface area contributed by atoms with Gasteiger partial charge < -0.3 is 4.74 Å². The molecule has 1 aromatic rings. The zero-order valence-corrected chi connectivity index (χ0v) is 11.8. The number of carbonyl (C=O) groups is 1. The molecule has 1 aromatic carbocycles. The number of halogens is 2. The third-order valence-corrected chi connectivity index (χ3v) is 4.64. The number of fused-ring (bicyclic) bond motifs is 2. The number of carbonyl (C=O) groups excluding carboxylic acids is 1. The Hall–Kier alpha value is -0.990. The van der Waals surface area contributed by atoms with E-state index in [2.05, 4.69) is 12.2 Å². The Morgan fingerprint density at radius 2 is 1.95 bits per heavy atom. The summed E-state index contributed by atoms with van der Waals surface area (Å²) in [6.07, 6.45) is 6.84. The van der Waals surface area contributed by atoms with Crippen LogP contribution in [0.1, 0.15) is 23.2 Å². The van der Waals surface area contributed by atoms with Crippen LogP contribution in [0.4, 0.5) is 0 Å². The Labute approximate surface area is 122 Å². The van der Waals surface area contributed by atoms with Gasteiger partial charge in [-0.05, 0) is 42.7 Å². The van der Waals surface area contributed by atoms with Crippen molar-refractivity contribution in [3.05, 3.63) is 46.0 Å². The van der Waals surface area contributed by atoms with E-state index in [0.717, 1.165) is 6.42 Å². The molecular weight excluding hydrogens is 283 g/mol. The lowest BCUT2D eigenvalue weighted by Crippen LogP contribution is -2.18. The van der Waals surface area contributed by atoms with Crippen molar-refractivity contribution in [1.82, 2.24) is 0 Å². The quantitative estimate of drug-likeness (QED) is 0.612. The lowest BCUT2D eigenvalue weighted by molar-refractivity contribution is 0.0421. The Kier molecular flexibility index (Phi) is 3.55. The summed E-state index contributed by atoms with van der Waals surface area (Å²) in [7, 11) is 0. The van der Waals surface area contributed by atoms with E-state index in [1.807, 2.05) is 0 Å². The second-order valence-corrected chi connectivity index (χ2v) is 6.05. The van der Waals surface area contributed by atoms with Crippen molar-refractivity contribution < 1.29 is 9.53 Å². The topological polar surface area (TPSA) is 26.3 Å². The Balaban J connectivity index is 1.64. The highest BCUT2D eigenvalue weighted by atomic mass is 35.5. The summed E-state index contributed by atoms with van der Waals surface area (Å²) in [6.45, 7) is 0.450. The maximum absolute atomic E-state index is 12.0. The maximum Gasteiger partial charge on any atom is 0.341 e. The molecular formula is C15H14Cl2O2. The van der Waals surface area contributed by atoms with Crippen molar-refractivity contribution in [2.24, 2.45) is 17.8 Å². The van der Waals surface area contributed by atoms with E-state index in [9.17, 15) is 4.79 Å². The second-order valence-electron chi connectivity index (χ2n) is 5.24. The van der Waals surface area contributed by atoms with Gasteiger partial charge >= 0.3 is 5.97 Å². The highest BCUT2D eigenvalue weighted by molar-refractivity contribution is 6.39. The molecule has 1 saturated carbocycles. The Bertz CT molecular complexity index is 519. The van der Waals surface area contributed by atoms with Gasteiger partial charge in [-0.25, -0.2) is 4.79 Å². The predicted molar refractivity (Wildman–Crippen MR) is 75.6 cm³/mol. The SMILES string of the molecule is O=C(OCC1CC2C=CC1C2)c1c(Cl)cccc1Cl. The second kappa shape index (κ2) is 5.18. The van der Waals surface area contributed by atoms with E-state index in [0.29, 0.717) is 34.4 Å². The zero-order chi connectivity index (χ0) is 13.4. The third kappa shape index (κ3) is 2.52. The minimum atomic E-state index is -0.428.